The number of halogens is 4. The van der Waals surface area contributed by atoms with Crippen LogP contribution in [0.1, 0.15) is 19.4 Å². The van der Waals surface area contributed by atoms with Gasteiger partial charge in [-0.1, -0.05) is 0 Å². The molecule has 12 heteroatoms. The second-order valence-electron chi connectivity index (χ2n) is 7.24. The van der Waals surface area contributed by atoms with Gasteiger partial charge in [0.1, 0.15) is 24.0 Å². The molecule has 1 amide bonds. The van der Waals surface area contributed by atoms with Gasteiger partial charge in [0.15, 0.2) is 11.6 Å². The molecule has 32 heavy (non-hydrogen) atoms. The van der Waals surface area contributed by atoms with E-state index in [-0.39, 0.29) is 30.3 Å². The van der Waals surface area contributed by atoms with E-state index in [0.717, 1.165) is 6.20 Å². The topological polar surface area (TPSA) is 88.0 Å². The Hall–Kier alpha value is -3.70. The number of carbonyl (C=O) groups is 1. The maximum Gasteiger partial charge on any atom is 0.244 e. The number of carbonyl (C=O) groups excluding carboxylic acids is 1. The van der Waals surface area contributed by atoms with Gasteiger partial charge in [0.2, 0.25) is 11.9 Å². The SMILES string of the molecule is CC(C)N(C)C(=O)Cn1cc(Nc2ncc(F)c(NCc3c(F)cc(F)cc3F)n2)cn1. The van der Waals surface area contributed by atoms with Crippen molar-refractivity contribution in [2.45, 2.75) is 33.0 Å². The van der Waals surface area contributed by atoms with E-state index in [1.165, 1.54) is 10.9 Å². The van der Waals surface area contributed by atoms with Gasteiger partial charge in [0, 0.05) is 43.5 Å². The number of nitrogens with zero attached hydrogens (tertiary/aromatic N) is 5. The molecule has 8 nitrogen and oxygen atoms in total. The van der Waals surface area contributed by atoms with Crippen LogP contribution in [0.5, 0.6) is 0 Å². The van der Waals surface area contributed by atoms with Crippen LogP contribution in [-0.2, 0) is 17.9 Å². The molecule has 0 spiro atoms. The summed E-state index contributed by atoms with van der Waals surface area (Å²) in [5, 5.41) is 9.37. The molecule has 0 bridgehead atoms. The molecular formula is C20H21F4N7O. The molecule has 0 saturated heterocycles. The first-order valence-electron chi connectivity index (χ1n) is 9.59. The van der Waals surface area contributed by atoms with E-state index in [0.29, 0.717) is 17.8 Å². The van der Waals surface area contributed by atoms with Gasteiger partial charge in [-0.2, -0.15) is 10.1 Å². The standard InChI is InChI=1S/C20H21F4N7O/c1-11(2)30(3)18(32)10-31-9-13(6-27-31)28-20-26-8-17(24)19(29-20)25-7-14-15(22)4-12(21)5-16(14)23/h4-6,8-9,11H,7,10H2,1-3H3,(H2,25,26,28,29). The van der Waals surface area contributed by atoms with Gasteiger partial charge in [-0.3, -0.25) is 9.48 Å². The van der Waals surface area contributed by atoms with Crippen LogP contribution in [0.15, 0.2) is 30.7 Å². The fraction of sp³-hybridized carbons (Fsp3) is 0.300. The van der Waals surface area contributed by atoms with E-state index < -0.39 is 35.4 Å². The van der Waals surface area contributed by atoms with E-state index in [9.17, 15) is 22.4 Å². The van der Waals surface area contributed by atoms with Crippen molar-refractivity contribution in [3.05, 3.63) is 59.6 Å². The average molecular weight is 451 g/mol. The number of benzene rings is 1. The Balaban J connectivity index is 1.68. The van der Waals surface area contributed by atoms with E-state index in [1.54, 1.807) is 18.1 Å². The third kappa shape index (κ3) is 5.50. The minimum absolute atomic E-state index is 0.0147. The normalized spacial score (nSPS) is 11.0. The Morgan fingerprint density at radius 3 is 2.47 bits per heavy atom. The highest BCUT2D eigenvalue weighted by Crippen LogP contribution is 2.19. The number of hydrogen-bond acceptors (Lipinski definition) is 6. The molecule has 1 aromatic carbocycles. The second kappa shape index (κ2) is 9.62. The van der Waals surface area contributed by atoms with Gasteiger partial charge >= 0.3 is 0 Å². The van der Waals surface area contributed by atoms with Crippen molar-refractivity contribution in [1.29, 1.82) is 0 Å². The maximum atomic E-state index is 14.0. The zero-order valence-electron chi connectivity index (χ0n) is 17.5. The quantitative estimate of drug-likeness (QED) is 0.510. The first-order chi connectivity index (χ1) is 15.1. The summed E-state index contributed by atoms with van der Waals surface area (Å²) in [6, 6.07) is 1.11. The number of aromatic nitrogens is 4. The Bertz CT molecular complexity index is 1100. The number of hydrogen-bond donors (Lipinski definition) is 2. The predicted octanol–water partition coefficient (Wildman–Crippen LogP) is 3.45. The Morgan fingerprint density at radius 1 is 1.12 bits per heavy atom. The van der Waals surface area contributed by atoms with Gasteiger partial charge in [0.05, 0.1) is 18.1 Å². The first kappa shape index (κ1) is 23.0. The van der Waals surface area contributed by atoms with Gasteiger partial charge in [-0.05, 0) is 13.8 Å². The summed E-state index contributed by atoms with van der Waals surface area (Å²) in [5.41, 5.74) is -0.0191. The number of anilines is 3. The second-order valence-corrected chi connectivity index (χ2v) is 7.24. The van der Waals surface area contributed by atoms with E-state index in [2.05, 4.69) is 25.7 Å². The van der Waals surface area contributed by atoms with Crippen molar-refractivity contribution in [1.82, 2.24) is 24.6 Å². The Morgan fingerprint density at radius 2 is 1.81 bits per heavy atom. The number of amides is 1. The van der Waals surface area contributed by atoms with Crippen molar-refractivity contribution in [2.24, 2.45) is 0 Å². The molecule has 2 N–H and O–H groups in total. The molecule has 3 rings (SSSR count). The molecule has 0 saturated carbocycles. The van der Waals surface area contributed by atoms with Crippen molar-refractivity contribution in [3.63, 3.8) is 0 Å². The monoisotopic (exact) mass is 451 g/mol. The van der Waals surface area contributed by atoms with Crippen molar-refractivity contribution in [3.8, 4) is 0 Å². The smallest absolute Gasteiger partial charge is 0.244 e. The lowest BCUT2D eigenvalue weighted by molar-refractivity contribution is -0.132. The molecule has 0 aliphatic carbocycles. The average Bonchev–Trinajstić information content (AvgIpc) is 3.15. The third-order valence-corrected chi connectivity index (χ3v) is 4.64. The van der Waals surface area contributed by atoms with Crippen LogP contribution in [0.25, 0.3) is 0 Å². The lowest BCUT2D eigenvalue weighted by Crippen LogP contribution is -2.35. The van der Waals surface area contributed by atoms with Gasteiger partial charge in [-0.25, -0.2) is 22.5 Å². The third-order valence-electron chi connectivity index (χ3n) is 4.64. The van der Waals surface area contributed by atoms with Crippen LogP contribution in [0.3, 0.4) is 0 Å². The molecule has 0 fully saturated rings. The minimum atomic E-state index is -1.10. The zero-order valence-corrected chi connectivity index (χ0v) is 17.5. The summed E-state index contributed by atoms with van der Waals surface area (Å²) in [7, 11) is 1.69. The van der Waals surface area contributed by atoms with Gasteiger partial charge < -0.3 is 15.5 Å². The highest BCUT2D eigenvalue weighted by Gasteiger charge is 2.15. The molecular weight excluding hydrogens is 430 g/mol. The predicted molar refractivity (Wildman–Crippen MR) is 109 cm³/mol. The van der Waals surface area contributed by atoms with Gasteiger partial charge in [-0.15, -0.1) is 0 Å². The van der Waals surface area contributed by atoms with Crippen molar-refractivity contribution in [2.75, 3.05) is 17.7 Å². The zero-order chi connectivity index (χ0) is 23.4. The molecule has 0 aliphatic rings. The lowest BCUT2D eigenvalue weighted by Gasteiger charge is -2.21. The minimum Gasteiger partial charge on any atom is -0.363 e. The van der Waals surface area contributed by atoms with Crippen LogP contribution in [0.2, 0.25) is 0 Å². The Labute approximate surface area is 181 Å². The summed E-state index contributed by atoms with van der Waals surface area (Å²) in [6.45, 7) is 3.35. The molecule has 2 aromatic heterocycles. The molecule has 3 aromatic rings. The summed E-state index contributed by atoms with van der Waals surface area (Å²) in [6.07, 6.45) is 3.86. The van der Waals surface area contributed by atoms with Crippen LogP contribution < -0.4 is 10.6 Å². The van der Waals surface area contributed by atoms with Crippen molar-refractivity contribution < 1.29 is 22.4 Å². The maximum absolute atomic E-state index is 14.0. The molecule has 0 radical (unpaired) electrons. The highest BCUT2D eigenvalue weighted by molar-refractivity contribution is 5.76. The van der Waals surface area contributed by atoms with Crippen LogP contribution in [0, 0.1) is 23.3 Å². The van der Waals surface area contributed by atoms with E-state index >= 15 is 0 Å². The summed E-state index contributed by atoms with van der Waals surface area (Å²) >= 11 is 0. The van der Waals surface area contributed by atoms with Gasteiger partial charge in [0.25, 0.3) is 0 Å². The fourth-order valence-electron chi connectivity index (χ4n) is 2.65. The lowest BCUT2D eigenvalue weighted by atomic mass is 10.2. The fourth-order valence-corrected chi connectivity index (χ4v) is 2.65. The first-order valence-corrected chi connectivity index (χ1v) is 9.59. The van der Waals surface area contributed by atoms with Crippen LogP contribution >= 0.6 is 0 Å². The summed E-state index contributed by atoms with van der Waals surface area (Å²) < 4.78 is 56.0. The molecule has 0 unspecified atom stereocenters. The molecule has 170 valence electrons. The van der Waals surface area contributed by atoms with Crippen molar-refractivity contribution >= 4 is 23.4 Å². The Kier molecular flexibility index (Phi) is 6.91. The molecule has 0 atom stereocenters. The summed E-state index contributed by atoms with van der Waals surface area (Å²) in [4.78, 5) is 21.5. The number of rotatable bonds is 8. The van der Waals surface area contributed by atoms with Crippen LogP contribution in [-0.4, -0.2) is 43.6 Å². The number of likely N-dealkylation sites (N-methyl/N-ethyl adjacent to an activating group) is 1. The van der Waals surface area contributed by atoms with E-state index in [4.69, 9.17) is 0 Å². The summed E-state index contributed by atoms with van der Waals surface area (Å²) in [5.74, 6) is -4.57. The van der Waals surface area contributed by atoms with Crippen LogP contribution in [0.4, 0.5) is 35.0 Å². The highest BCUT2D eigenvalue weighted by atomic mass is 19.1. The number of nitrogens with one attached hydrogen (secondary N) is 2. The molecule has 0 aliphatic heterocycles. The van der Waals surface area contributed by atoms with E-state index in [1.807, 2.05) is 13.8 Å². The molecule has 2 heterocycles. The largest absolute Gasteiger partial charge is 0.363 e.